The van der Waals surface area contributed by atoms with Gasteiger partial charge in [-0.2, -0.15) is 5.26 Å². The van der Waals surface area contributed by atoms with Crippen LogP contribution in [0.25, 0.3) is 6.08 Å². The smallest absolute Gasteiger partial charge is 0.270 e. The van der Waals surface area contributed by atoms with Crippen LogP contribution in [0.15, 0.2) is 72.3 Å². The average molecular weight is 583 g/mol. The fraction of sp³-hybridized carbons (Fsp3) is 0.0400. The van der Waals surface area contributed by atoms with Gasteiger partial charge in [-0.1, -0.05) is 24.3 Å². The number of ether oxygens (including phenoxy) is 1. The van der Waals surface area contributed by atoms with Gasteiger partial charge in [0.05, 0.1) is 20.9 Å². The van der Waals surface area contributed by atoms with Crippen molar-refractivity contribution in [1.29, 1.82) is 5.26 Å². The van der Waals surface area contributed by atoms with Crippen molar-refractivity contribution in [2.45, 2.75) is 6.61 Å². The Hall–Kier alpha value is -3.62. The molecule has 6 nitrogen and oxygen atoms in total. The van der Waals surface area contributed by atoms with E-state index in [-0.39, 0.29) is 17.3 Å². The van der Waals surface area contributed by atoms with Gasteiger partial charge in [-0.25, -0.2) is 4.39 Å². The summed E-state index contributed by atoms with van der Waals surface area (Å²) in [6.07, 6.45) is 1.47. The summed E-state index contributed by atoms with van der Waals surface area (Å²) in [4.78, 5) is 26.7. The molecule has 1 saturated heterocycles. The molecule has 1 heterocycles. The number of amides is 2. The average Bonchev–Trinajstić information content (AvgIpc) is 2.82. The van der Waals surface area contributed by atoms with Crippen LogP contribution < -0.4 is 15.0 Å². The first kappa shape index (κ1) is 23.5. The Balaban J connectivity index is 1.56. The van der Waals surface area contributed by atoms with Crippen LogP contribution in [0.2, 0.25) is 0 Å². The first-order valence-corrected chi connectivity index (χ1v) is 11.4. The topological polar surface area (TPSA) is 82.4 Å². The Labute approximate surface area is 213 Å². The molecule has 34 heavy (non-hydrogen) atoms. The Morgan fingerprint density at radius 2 is 1.85 bits per heavy atom. The van der Waals surface area contributed by atoms with Crippen molar-refractivity contribution in [3.63, 3.8) is 0 Å². The molecule has 0 radical (unpaired) electrons. The molecule has 0 saturated carbocycles. The standard InChI is InChI=1S/C25H15FIN3O3S/c26-18-6-8-19(9-7-18)30-24(32)20(23(31)29-25(30)34)11-15-5-10-22(21(27)12-15)33-14-17-4-2-1-3-16(17)13-28/h1-12H,14H2,(H,29,31,34)/b20-11-. The van der Waals surface area contributed by atoms with Crippen LogP contribution in [0.5, 0.6) is 5.75 Å². The highest BCUT2D eigenvalue weighted by molar-refractivity contribution is 14.1. The first-order valence-electron chi connectivity index (χ1n) is 9.95. The summed E-state index contributed by atoms with van der Waals surface area (Å²) in [6.45, 7) is 0.227. The van der Waals surface area contributed by atoms with Crippen molar-refractivity contribution in [2.24, 2.45) is 0 Å². The molecular formula is C25H15FIN3O3S. The minimum atomic E-state index is -0.614. The predicted octanol–water partition coefficient (Wildman–Crippen LogP) is 4.71. The van der Waals surface area contributed by atoms with E-state index in [1.807, 2.05) is 12.1 Å². The van der Waals surface area contributed by atoms with Gasteiger partial charge in [-0.15, -0.1) is 0 Å². The number of nitrogens with one attached hydrogen (secondary N) is 1. The summed E-state index contributed by atoms with van der Waals surface area (Å²) in [5.41, 5.74) is 2.17. The minimum absolute atomic E-state index is 0.0743. The van der Waals surface area contributed by atoms with Gasteiger partial charge in [0.15, 0.2) is 5.11 Å². The largest absolute Gasteiger partial charge is 0.488 e. The molecule has 0 spiro atoms. The summed E-state index contributed by atoms with van der Waals surface area (Å²) in [5.74, 6) is -1.07. The van der Waals surface area contributed by atoms with Crippen LogP contribution in [0.3, 0.4) is 0 Å². The lowest BCUT2D eigenvalue weighted by molar-refractivity contribution is -0.122. The van der Waals surface area contributed by atoms with Crippen molar-refractivity contribution in [3.05, 3.63) is 98.4 Å². The third-order valence-corrected chi connectivity index (χ3v) is 6.10. The summed E-state index contributed by atoms with van der Waals surface area (Å²) in [5, 5.41) is 11.7. The highest BCUT2D eigenvalue weighted by Crippen LogP contribution is 2.26. The maximum Gasteiger partial charge on any atom is 0.270 e. The second-order valence-corrected chi connectivity index (χ2v) is 8.73. The van der Waals surface area contributed by atoms with Crippen LogP contribution in [0.4, 0.5) is 10.1 Å². The molecule has 0 aromatic heterocycles. The Bertz CT molecular complexity index is 1380. The zero-order valence-corrected chi connectivity index (χ0v) is 20.4. The van der Waals surface area contributed by atoms with Crippen molar-refractivity contribution >= 4 is 63.5 Å². The highest BCUT2D eigenvalue weighted by atomic mass is 127. The molecule has 0 aliphatic carbocycles. The molecule has 2 amide bonds. The number of carbonyl (C=O) groups excluding carboxylic acids is 2. The number of hydrogen-bond acceptors (Lipinski definition) is 5. The number of hydrogen-bond donors (Lipinski definition) is 1. The van der Waals surface area contributed by atoms with Gasteiger partial charge in [0.2, 0.25) is 0 Å². The molecule has 0 bridgehead atoms. The normalized spacial score (nSPS) is 14.7. The lowest BCUT2D eigenvalue weighted by Gasteiger charge is -2.28. The molecule has 3 aromatic carbocycles. The van der Waals surface area contributed by atoms with Gasteiger partial charge in [-0.05, 0) is 88.9 Å². The number of nitriles is 1. The van der Waals surface area contributed by atoms with Gasteiger partial charge in [-0.3, -0.25) is 19.8 Å². The number of rotatable bonds is 5. The zero-order valence-electron chi connectivity index (χ0n) is 17.4. The second-order valence-electron chi connectivity index (χ2n) is 7.18. The van der Waals surface area contributed by atoms with Gasteiger partial charge in [0.25, 0.3) is 11.8 Å². The van der Waals surface area contributed by atoms with E-state index in [2.05, 4.69) is 34.0 Å². The second kappa shape index (κ2) is 10.1. The lowest BCUT2D eigenvalue weighted by Crippen LogP contribution is -2.54. The monoisotopic (exact) mass is 583 g/mol. The van der Waals surface area contributed by atoms with E-state index in [9.17, 15) is 19.2 Å². The molecule has 1 aliphatic rings. The highest BCUT2D eigenvalue weighted by Gasteiger charge is 2.34. The van der Waals surface area contributed by atoms with Crippen LogP contribution >= 0.6 is 34.8 Å². The summed E-state index contributed by atoms with van der Waals surface area (Å²) >= 11 is 7.25. The SMILES string of the molecule is N#Cc1ccccc1COc1ccc(/C=C2/C(=O)NC(=S)N(c3ccc(F)cc3)C2=O)cc1I. The molecule has 0 unspecified atom stereocenters. The Kier molecular flexibility index (Phi) is 7.00. The third-order valence-electron chi connectivity index (χ3n) is 4.97. The number of anilines is 1. The summed E-state index contributed by atoms with van der Waals surface area (Å²) < 4.78 is 19.9. The lowest BCUT2D eigenvalue weighted by atomic mass is 10.1. The number of halogens is 2. The quantitative estimate of drug-likeness (QED) is 0.204. The molecule has 9 heteroatoms. The van der Waals surface area contributed by atoms with E-state index < -0.39 is 17.6 Å². The fourth-order valence-corrected chi connectivity index (χ4v) is 4.26. The van der Waals surface area contributed by atoms with E-state index in [4.69, 9.17) is 17.0 Å². The molecular weight excluding hydrogens is 568 g/mol. The molecule has 3 aromatic rings. The zero-order chi connectivity index (χ0) is 24.2. The minimum Gasteiger partial charge on any atom is -0.488 e. The molecule has 0 atom stereocenters. The van der Waals surface area contributed by atoms with E-state index in [1.54, 1.807) is 30.3 Å². The van der Waals surface area contributed by atoms with Crippen LogP contribution in [0, 0.1) is 20.7 Å². The molecule has 1 N–H and O–H groups in total. The fourth-order valence-electron chi connectivity index (χ4n) is 3.28. The third kappa shape index (κ3) is 4.98. The van der Waals surface area contributed by atoms with Crippen molar-refractivity contribution in [1.82, 2.24) is 5.32 Å². The van der Waals surface area contributed by atoms with Gasteiger partial charge >= 0.3 is 0 Å². The van der Waals surface area contributed by atoms with Gasteiger partial charge in [0, 0.05) is 5.56 Å². The van der Waals surface area contributed by atoms with E-state index in [0.717, 1.165) is 14.0 Å². The first-order chi connectivity index (χ1) is 16.4. The molecule has 168 valence electrons. The Morgan fingerprint density at radius 3 is 2.56 bits per heavy atom. The maximum atomic E-state index is 13.3. The van der Waals surface area contributed by atoms with Gasteiger partial charge in [0.1, 0.15) is 23.7 Å². The molecule has 1 aliphatic heterocycles. The van der Waals surface area contributed by atoms with Crippen molar-refractivity contribution in [2.75, 3.05) is 4.90 Å². The summed E-state index contributed by atoms with van der Waals surface area (Å²) in [6, 6.07) is 19.8. The van der Waals surface area contributed by atoms with Gasteiger partial charge < -0.3 is 4.74 Å². The van der Waals surface area contributed by atoms with Crippen LogP contribution in [-0.4, -0.2) is 16.9 Å². The maximum absolute atomic E-state index is 13.3. The van der Waals surface area contributed by atoms with E-state index >= 15 is 0 Å². The number of thiocarbonyl (C=S) groups is 1. The Morgan fingerprint density at radius 1 is 1.12 bits per heavy atom. The number of benzene rings is 3. The van der Waals surface area contributed by atoms with Crippen LogP contribution in [-0.2, 0) is 16.2 Å². The van der Waals surface area contributed by atoms with Crippen molar-refractivity contribution < 1.29 is 18.7 Å². The number of nitrogens with zero attached hydrogens (tertiary/aromatic N) is 2. The summed E-state index contributed by atoms with van der Waals surface area (Å²) in [7, 11) is 0. The number of carbonyl (C=O) groups is 2. The van der Waals surface area contributed by atoms with Crippen molar-refractivity contribution in [3.8, 4) is 11.8 Å². The van der Waals surface area contributed by atoms with Crippen LogP contribution in [0.1, 0.15) is 16.7 Å². The predicted molar refractivity (Wildman–Crippen MR) is 137 cm³/mol. The van der Waals surface area contributed by atoms with E-state index in [0.29, 0.717) is 22.6 Å². The molecule has 4 rings (SSSR count). The molecule has 1 fully saturated rings. The van der Waals surface area contributed by atoms with E-state index in [1.165, 1.54) is 30.3 Å².